The Balaban J connectivity index is 1.81. The zero-order chi connectivity index (χ0) is 19.2. The van der Waals surface area contributed by atoms with Gasteiger partial charge in [0.1, 0.15) is 24.0 Å². The van der Waals surface area contributed by atoms with E-state index in [0.29, 0.717) is 38.4 Å². The van der Waals surface area contributed by atoms with Crippen molar-refractivity contribution in [3.05, 3.63) is 75.7 Å². The second-order valence-corrected chi connectivity index (χ2v) is 6.15. The molecular weight excluding hydrogens is 387 g/mol. The topological polar surface area (TPSA) is 72.4 Å². The van der Waals surface area contributed by atoms with Gasteiger partial charge in [0.05, 0.1) is 19.0 Å². The van der Waals surface area contributed by atoms with E-state index in [2.05, 4.69) is 16.2 Å². The predicted molar refractivity (Wildman–Crippen MR) is 104 cm³/mol. The summed E-state index contributed by atoms with van der Waals surface area (Å²) in [5.41, 5.74) is 1.67. The summed E-state index contributed by atoms with van der Waals surface area (Å²) in [4.78, 5) is 9.61. The maximum absolute atomic E-state index is 9.45. The summed E-state index contributed by atoms with van der Waals surface area (Å²) < 4.78 is 6.94. The highest BCUT2D eigenvalue weighted by atomic mass is 35.5. The Labute approximate surface area is 166 Å². The molecule has 136 valence electrons. The molecule has 0 spiro atoms. The molecule has 8 heteroatoms. The average Bonchev–Trinajstić information content (AvgIpc) is 3.14. The summed E-state index contributed by atoms with van der Waals surface area (Å²) in [6, 6.07) is 12.6. The van der Waals surface area contributed by atoms with Crippen molar-refractivity contribution >= 4 is 29.4 Å². The van der Waals surface area contributed by atoms with E-state index in [1.54, 1.807) is 41.2 Å². The van der Waals surface area contributed by atoms with Crippen LogP contribution in [0.15, 0.2) is 53.9 Å². The molecule has 2 aromatic heterocycles. The van der Waals surface area contributed by atoms with Gasteiger partial charge in [-0.05, 0) is 30.3 Å². The lowest BCUT2D eigenvalue weighted by molar-refractivity contribution is 0.132. The summed E-state index contributed by atoms with van der Waals surface area (Å²) in [6.45, 7) is 0.135. The lowest BCUT2D eigenvalue weighted by atomic mass is 10.2. The molecule has 6 nitrogen and oxygen atoms in total. The number of pyridine rings is 1. The first kappa shape index (κ1) is 18.8. The van der Waals surface area contributed by atoms with Crippen molar-refractivity contribution in [1.29, 1.82) is 5.26 Å². The molecular formula is C19H14Cl2N4O2. The molecule has 3 aromatic rings. The second-order valence-electron chi connectivity index (χ2n) is 5.33. The molecule has 0 aliphatic rings. The van der Waals surface area contributed by atoms with Crippen LogP contribution in [0.5, 0.6) is 5.75 Å². The van der Waals surface area contributed by atoms with Crippen LogP contribution in [0.2, 0.25) is 10.0 Å². The van der Waals surface area contributed by atoms with Crippen LogP contribution in [0.1, 0.15) is 16.8 Å². The van der Waals surface area contributed by atoms with Crippen LogP contribution in [0.3, 0.4) is 0 Å². The molecule has 0 fully saturated rings. The molecule has 0 atom stereocenters. The van der Waals surface area contributed by atoms with E-state index in [4.69, 9.17) is 32.8 Å². The van der Waals surface area contributed by atoms with E-state index in [9.17, 15) is 5.26 Å². The Bertz CT molecular complexity index is 1000. The van der Waals surface area contributed by atoms with Gasteiger partial charge in [0, 0.05) is 28.0 Å². The fourth-order valence-electron chi connectivity index (χ4n) is 2.45. The lowest BCUT2D eigenvalue weighted by Gasteiger charge is -2.10. The van der Waals surface area contributed by atoms with E-state index in [1.165, 1.54) is 13.3 Å². The number of nitrogens with zero attached hydrogens (tertiary/aromatic N) is 4. The molecule has 0 saturated carbocycles. The molecule has 0 aliphatic carbocycles. The van der Waals surface area contributed by atoms with Crippen molar-refractivity contribution in [1.82, 2.24) is 9.55 Å². The zero-order valence-electron chi connectivity index (χ0n) is 14.3. The maximum Gasteiger partial charge on any atom is 0.158 e. The first-order chi connectivity index (χ1) is 13.2. The largest absolute Gasteiger partial charge is 0.495 e. The van der Waals surface area contributed by atoms with Crippen molar-refractivity contribution in [3.8, 4) is 17.6 Å². The summed E-state index contributed by atoms with van der Waals surface area (Å²) in [5, 5.41) is 14.4. The van der Waals surface area contributed by atoms with Crippen molar-refractivity contribution in [3.63, 3.8) is 0 Å². The number of aromatic nitrogens is 2. The first-order valence-electron chi connectivity index (χ1n) is 7.84. The van der Waals surface area contributed by atoms with Crippen LogP contribution in [-0.2, 0) is 11.4 Å². The van der Waals surface area contributed by atoms with Gasteiger partial charge in [-0.2, -0.15) is 5.26 Å². The fraction of sp³-hybridized carbons (Fsp3) is 0.105. The van der Waals surface area contributed by atoms with Gasteiger partial charge in [0.25, 0.3) is 0 Å². The smallest absolute Gasteiger partial charge is 0.158 e. The number of hydrogen-bond acceptors (Lipinski definition) is 5. The van der Waals surface area contributed by atoms with Gasteiger partial charge in [-0.25, -0.2) is 4.98 Å². The highest BCUT2D eigenvalue weighted by molar-refractivity contribution is 6.35. The van der Waals surface area contributed by atoms with Gasteiger partial charge in [0.2, 0.25) is 0 Å². The molecule has 0 unspecified atom stereocenters. The number of hydrogen-bond donors (Lipinski definition) is 0. The number of ether oxygens (including phenoxy) is 1. The minimum Gasteiger partial charge on any atom is -0.495 e. The molecule has 0 bridgehead atoms. The third-order valence-corrected chi connectivity index (χ3v) is 4.47. The number of rotatable bonds is 6. The molecule has 0 N–H and O–H groups in total. The van der Waals surface area contributed by atoms with E-state index in [0.717, 1.165) is 0 Å². The Morgan fingerprint density at radius 3 is 2.70 bits per heavy atom. The number of oxime groups is 1. The Morgan fingerprint density at radius 2 is 2.00 bits per heavy atom. The van der Waals surface area contributed by atoms with Gasteiger partial charge >= 0.3 is 0 Å². The predicted octanol–water partition coefficient (Wildman–Crippen LogP) is 4.61. The molecule has 27 heavy (non-hydrogen) atoms. The van der Waals surface area contributed by atoms with Crippen LogP contribution in [-0.4, -0.2) is 22.9 Å². The molecule has 3 rings (SSSR count). The number of nitriles is 1. The van der Waals surface area contributed by atoms with E-state index >= 15 is 0 Å². The quantitative estimate of drug-likeness (QED) is 0.447. The maximum atomic E-state index is 9.45. The average molecular weight is 401 g/mol. The number of methoxy groups -OCH3 is 1. The molecule has 0 saturated heterocycles. The Hall–Kier alpha value is -3.01. The van der Waals surface area contributed by atoms with E-state index < -0.39 is 0 Å². The van der Waals surface area contributed by atoms with Gasteiger partial charge in [-0.3, -0.25) is 4.57 Å². The van der Waals surface area contributed by atoms with E-state index in [-0.39, 0.29) is 6.61 Å². The van der Waals surface area contributed by atoms with Crippen molar-refractivity contribution in [2.45, 2.75) is 6.61 Å². The van der Waals surface area contributed by atoms with Crippen LogP contribution in [0.4, 0.5) is 0 Å². The summed E-state index contributed by atoms with van der Waals surface area (Å²) in [7, 11) is 1.51. The minimum atomic E-state index is 0.135. The number of halogens is 2. The van der Waals surface area contributed by atoms with Gasteiger partial charge in [-0.15, -0.1) is 0 Å². The van der Waals surface area contributed by atoms with E-state index in [1.807, 2.05) is 12.1 Å². The molecule has 2 heterocycles. The SMILES string of the molecule is COc1ccnc(-n2cccc2/C=N\OCc2c(Cl)cccc2Cl)c1C#N. The van der Waals surface area contributed by atoms with Crippen LogP contribution in [0.25, 0.3) is 5.82 Å². The monoisotopic (exact) mass is 400 g/mol. The standard InChI is InChI=1S/C19H14Cl2N4O2/c1-26-18-7-8-23-19(14(18)10-22)25-9-3-4-13(25)11-24-27-12-15-16(20)5-2-6-17(15)21/h2-9,11H,12H2,1H3/b24-11-. The molecule has 0 amide bonds. The number of benzene rings is 1. The van der Waals surface area contributed by atoms with Gasteiger partial charge in [0.15, 0.2) is 5.82 Å². The van der Waals surface area contributed by atoms with Gasteiger partial charge < -0.3 is 9.57 Å². The van der Waals surface area contributed by atoms with Crippen molar-refractivity contribution < 1.29 is 9.57 Å². The lowest BCUT2D eigenvalue weighted by Crippen LogP contribution is -2.05. The molecule has 1 aromatic carbocycles. The fourth-order valence-corrected chi connectivity index (χ4v) is 2.95. The third kappa shape index (κ3) is 4.05. The zero-order valence-corrected chi connectivity index (χ0v) is 15.8. The highest BCUT2D eigenvalue weighted by Gasteiger charge is 2.13. The van der Waals surface area contributed by atoms with Crippen LogP contribution < -0.4 is 4.74 Å². The van der Waals surface area contributed by atoms with Gasteiger partial charge in [-0.1, -0.05) is 34.4 Å². The minimum absolute atomic E-state index is 0.135. The molecule has 0 radical (unpaired) electrons. The van der Waals surface area contributed by atoms with Crippen molar-refractivity contribution in [2.75, 3.05) is 7.11 Å². The first-order valence-corrected chi connectivity index (χ1v) is 8.60. The van der Waals surface area contributed by atoms with Crippen LogP contribution >= 0.6 is 23.2 Å². The normalized spacial score (nSPS) is 10.7. The Morgan fingerprint density at radius 1 is 1.22 bits per heavy atom. The second kappa shape index (κ2) is 8.58. The summed E-state index contributed by atoms with van der Waals surface area (Å²) in [6.07, 6.45) is 4.87. The third-order valence-electron chi connectivity index (χ3n) is 3.76. The summed E-state index contributed by atoms with van der Waals surface area (Å²) in [5.74, 6) is 0.890. The van der Waals surface area contributed by atoms with Crippen LogP contribution in [0, 0.1) is 11.3 Å². The Kier molecular flexibility index (Phi) is 5.97. The van der Waals surface area contributed by atoms with Crippen molar-refractivity contribution in [2.24, 2.45) is 5.16 Å². The summed E-state index contributed by atoms with van der Waals surface area (Å²) >= 11 is 12.2. The highest BCUT2D eigenvalue weighted by Crippen LogP contribution is 2.25. The molecule has 0 aliphatic heterocycles.